The lowest BCUT2D eigenvalue weighted by Gasteiger charge is -2.25. The summed E-state index contributed by atoms with van der Waals surface area (Å²) in [5, 5.41) is 4.81. The van der Waals surface area contributed by atoms with Crippen molar-refractivity contribution >= 4 is 36.4 Å². The summed E-state index contributed by atoms with van der Waals surface area (Å²) in [4.78, 5) is 32.3. The average molecular weight is 431 g/mol. The van der Waals surface area contributed by atoms with Crippen molar-refractivity contribution in [2.45, 2.75) is 13.0 Å². The lowest BCUT2D eigenvalue weighted by molar-refractivity contribution is 0.102. The Bertz CT molecular complexity index is 1050. The maximum atomic E-state index is 12.6. The Labute approximate surface area is 173 Å². The van der Waals surface area contributed by atoms with Crippen molar-refractivity contribution in [1.82, 2.24) is 4.67 Å². The summed E-state index contributed by atoms with van der Waals surface area (Å²) < 4.78 is 12.4. The van der Waals surface area contributed by atoms with E-state index in [-0.39, 0.29) is 5.91 Å². The minimum Gasteiger partial charge on any atom is -0.397 e. The number of amides is 1. The standard InChI is InChI=1S/C20H22N3O4PS/c1-13(23(2)28(25,26)27)14-5-7-15(8-6-14)20(24)22-18-12-16(9-10-17(18)21)19-4-3-11-29-19/h3-13H,21H2,1-2H3,(H,22,24)(H2,25,26,27). The van der Waals surface area contributed by atoms with E-state index in [4.69, 9.17) is 5.73 Å². The summed E-state index contributed by atoms with van der Waals surface area (Å²) in [7, 11) is -2.99. The maximum Gasteiger partial charge on any atom is 0.403 e. The van der Waals surface area contributed by atoms with E-state index in [1.54, 1.807) is 48.6 Å². The second-order valence-electron chi connectivity index (χ2n) is 6.62. The Morgan fingerprint density at radius 2 is 1.86 bits per heavy atom. The molecule has 7 nitrogen and oxygen atoms in total. The van der Waals surface area contributed by atoms with Crippen LogP contribution in [-0.4, -0.2) is 27.4 Å². The molecule has 1 unspecified atom stereocenters. The number of rotatable bonds is 6. The van der Waals surface area contributed by atoms with Gasteiger partial charge >= 0.3 is 7.75 Å². The summed E-state index contributed by atoms with van der Waals surface area (Å²) in [6.45, 7) is 1.69. The van der Waals surface area contributed by atoms with Crippen molar-refractivity contribution < 1.29 is 19.1 Å². The first kappa shape index (κ1) is 21.2. The van der Waals surface area contributed by atoms with Crippen LogP contribution in [0.2, 0.25) is 0 Å². The Balaban J connectivity index is 1.76. The van der Waals surface area contributed by atoms with Crippen molar-refractivity contribution in [3.05, 3.63) is 71.1 Å². The van der Waals surface area contributed by atoms with Gasteiger partial charge in [0.05, 0.1) is 11.4 Å². The molecule has 0 aliphatic heterocycles. The number of carbonyl (C=O) groups excluding carboxylic acids is 1. The highest BCUT2D eigenvalue weighted by molar-refractivity contribution is 7.49. The van der Waals surface area contributed by atoms with Crippen molar-refractivity contribution in [3.8, 4) is 10.4 Å². The van der Waals surface area contributed by atoms with Gasteiger partial charge < -0.3 is 20.8 Å². The van der Waals surface area contributed by atoms with Crippen LogP contribution >= 0.6 is 19.1 Å². The third-order valence-corrected chi connectivity index (χ3v) is 6.82. The lowest BCUT2D eigenvalue weighted by Crippen LogP contribution is -2.19. The molecule has 1 aromatic heterocycles. The molecule has 0 aliphatic rings. The quantitative estimate of drug-likeness (QED) is 0.341. The maximum absolute atomic E-state index is 12.6. The Kier molecular flexibility index (Phi) is 6.21. The van der Waals surface area contributed by atoms with E-state index in [9.17, 15) is 19.1 Å². The predicted octanol–water partition coefficient (Wildman–Crippen LogP) is 4.34. The number of hydrogen-bond acceptors (Lipinski definition) is 4. The van der Waals surface area contributed by atoms with Crippen molar-refractivity contribution in [1.29, 1.82) is 0 Å². The van der Waals surface area contributed by atoms with Crippen LogP contribution in [0.1, 0.15) is 28.9 Å². The smallest absolute Gasteiger partial charge is 0.397 e. The first-order valence-electron chi connectivity index (χ1n) is 8.80. The van der Waals surface area contributed by atoms with Crippen LogP contribution in [0.3, 0.4) is 0 Å². The molecule has 3 aromatic rings. The largest absolute Gasteiger partial charge is 0.403 e. The highest BCUT2D eigenvalue weighted by Crippen LogP contribution is 2.44. The van der Waals surface area contributed by atoms with Gasteiger partial charge in [0.25, 0.3) is 5.91 Å². The van der Waals surface area contributed by atoms with Crippen molar-refractivity contribution in [2.75, 3.05) is 18.1 Å². The molecule has 1 amide bonds. The van der Waals surface area contributed by atoms with Gasteiger partial charge in [-0.1, -0.05) is 24.3 Å². The van der Waals surface area contributed by atoms with Crippen molar-refractivity contribution in [2.24, 2.45) is 0 Å². The summed E-state index contributed by atoms with van der Waals surface area (Å²) in [5.74, 6) is -0.317. The molecule has 0 saturated heterocycles. The summed E-state index contributed by atoms with van der Waals surface area (Å²) in [5.41, 5.74) is 9.08. The number of nitrogen functional groups attached to an aromatic ring is 1. The van der Waals surface area contributed by atoms with Crippen LogP contribution in [0, 0.1) is 0 Å². The van der Waals surface area contributed by atoms with E-state index in [2.05, 4.69) is 5.32 Å². The second-order valence-corrected chi connectivity index (χ2v) is 9.22. The van der Waals surface area contributed by atoms with E-state index in [1.165, 1.54) is 7.05 Å². The molecule has 29 heavy (non-hydrogen) atoms. The third kappa shape index (κ3) is 4.93. The van der Waals surface area contributed by atoms with Gasteiger partial charge in [-0.25, -0.2) is 9.24 Å². The molecule has 3 rings (SSSR count). The van der Waals surface area contributed by atoms with Crippen LogP contribution < -0.4 is 11.1 Å². The minimum atomic E-state index is -4.35. The van der Waals surface area contributed by atoms with Gasteiger partial charge in [0.15, 0.2) is 0 Å². The molecule has 0 radical (unpaired) electrons. The van der Waals surface area contributed by atoms with Gasteiger partial charge in [0, 0.05) is 16.5 Å². The third-order valence-electron chi connectivity index (χ3n) is 4.73. The van der Waals surface area contributed by atoms with Crippen LogP contribution in [-0.2, 0) is 4.57 Å². The number of hydrogen-bond donors (Lipinski definition) is 4. The van der Waals surface area contributed by atoms with E-state index < -0.39 is 13.8 Å². The van der Waals surface area contributed by atoms with E-state index in [0.29, 0.717) is 22.5 Å². The lowest BCUT2D eigenvalue weighted by atomic mass is 10.1. The molecule has 152 valence electrons. The molecule has 0 spiro atoms. The number of anilines is 2. The number of nitrogens with two attached hydrogens (primary N) is 1. The van der Waals surface area contributed by atoms with Crippen molar-refractivity contribution in [3.63, 3.8) is 0 Å². The molecule has 1 atom stereocenters. The number of nitrogens with one attached hydrogen (secondary N) is 1. The summed E-state index contributed by atoms with van der Waals surface area (Å²) in [6, 6.07) is 15.5. The Morgan fingerprint density at radius 3 is 2.45 bits per heavy atom. The van der Waals surface area contributed by atoms with E-state index >= 15 is 0 Å². The zero-order valence-corrected chi connectivity index (χ0v) is 17.7. The van der Waals surface area contributed by atoms with Gasteiger partial charge in [-0.2, -0.15) is 0 Å². The second kappa shape index (κ2) is 8.49. The van der Waals surface area contributed by atoms with Crippen LogP contribution in [0.25, 0.3) is 10.4 Å². The molecular weight excluding hydrogens is 409 g/mol. The van der Waals surface area contributed by atoms with Crippen LogP contribution in [0.4, 0.5) is 11.4 Å². The monoisotopic (exact) mass is 431 g/mol. The first-order valence-corrected chi connectivity index (χ1v) is 11.2. The Morgan fingerprint density at radius 1 is 1.17 bits per heavy atom. The molecule has 0 aliphatic carbocycles. The van der Waals surface area contributed by atoms with Gasteiger partial charge in [-0.3, -0.25) is 4.79 Å². The van der Waals surface area contributed by atoms with Gasteiger partial charge in [-0.15, -0.1) is 11.3 Å². The SMILES string of the molecule is CC(c1ccc(C(=O)Nc2cc(-c3cccs3)ccc2N)cc1)N(C)P(=O)(O)O. The fourth-order valence-corrected chi connectivity index (χ4v) is 4.12. The zero-order chi connectivity index (χ0) is 21.2. The van der Waals surface area contributed by atoms with Gasteiger partial charge in [-0.05, 0) is 60.8 Å². The van der Waals surface area contributed by atoms with Gasteiger partial charge in [0.1, 0.15) is 0 Å². The minimum absolute atomic E-state index is 0.317. The summed E-state index contributed by atoms with van der Waals surface area (Å²) >= 11 is 1.60. The number of benzene rings is 2. The molecule has 0 saturated carbocycles. The fraction of sp³-hybridized carbons (Fsp3) is 0.150. The molecule has 2 aromatic carbocycles. The zero-order valence-electron chi connectivity index (χ0n) is 15.9. The topological polar surface area (TPSA) is 116 Å². The Hall–Kier alpha value is -2.48. The number of carbonyl (C=O) groups is 1. The van der Waals surface area contributed by atoms with E-state index in [0.717, 1.165) is 15.1 Å². The number of nitrogens with zero attached hydrogens (tertiary/aromatic N) is 1. The van der Waals surface area contributed by atoms with Crippen LogP contribution in [0.5, 0.6) is 0 Å². The molecule has 9 heteroatoms. The fourth-order valence-electron chi connectivity index (χ4n) is 2.81. The number of thiophene rings is 1. The predicted molar refractivity (Wildman–Crippen MR) is 117 cm³/mol. The highest BCUT2D eigenvalue weighted by atomic mass is 32.1. The highest BCUT2D eigenvalue weighted by Gasteiger charge is 2.27. The molecular formula is C20H22N3O4PS. The molecule has 1 heterocycles. The van der Waals surface area contributed by atoms with Gasteiger partial charge in [0.2, 0.25) is 0 Å². The molecule has 5 N–H and O–H groups in total. The first-order chi connectivity index (χ1) is 13.7. The average Bonchev–Trinajstić information content (AvgIpc) is 3.22. The van der Waals surface area contributed by atoms with Crippen LogP contribution in [0.15, 0.2) is 60.0 Å². The summed E-state index contributed by atoms with van der Waals surface area (Å²) in [6.07, 6.45) is 0. The van der Waals surface area contributed by atoms with E-state index in [1.807, 2.05) is 29.6 Å². The normalized spacial score (nSPS) is 12.7. The molecule has 0 fully saturated rings. The molecule has 0 bridgehead atoms.